The predicted molar refractivity (Wildman–Crippen MR) is 161 cm³/mol. The van der Waals surface area contributed by atoms with Gasteiger partial charge in [0, 0.05) is 16.6 Å². The Morgan fingerprint density at radius 3 is 2.55 bits per heavy atom. The number of carbonyl (C=O) groups excluding carboxylic acids is 2. The first-order valence-corrected chi connectivity index (χ1v) is 15.7. The molecule has 0 unspecified atom stereocenters. The van der Waals surface area contributed by atoms with Crippen molar-refractivity contribution in [2.24, 2.45) is 11.8 Å². The molecular weight excluding hydrogens is 540 g/mol. The van der Waals surface area contributed by atoms with Crippen LogP contribution in [0.15, 0.2) is 54.7 Å². The number of nitrogens with one attached hydrogen (secondary N) is 3. The second-order valence-corrected chi connectivity index (χ2v) is 13.6. The normalized spacial score (nSPS) is 23.0. The number of pyridine rings is 1. The van der Waals surface area contributed by atoms with Crippen molar-refractivity contribution in [2.45, 2.75) is 82.3 Å². The van der Waals surface area contributed by atoms with Crippen LogP contribution in [0.4, 0.5) is 5.69 Å². The number of hydrogen-bond acceptors (Lipinski definition) is 5. The molecule has 3 N–H and O–H groups in total. The molecule has 2 bridgehead atoms. The number of aromatic nitrogens is 1. The molecule has 2 aromatic heterocycles. The topological polar surface area (TPSA) is 83.1 Å². The van der Waals surface area contributed by atoms with E-state index in [0.29, 0.717) is 22.2 Å². The molecule has 8 heteroatoms. The van der Waals surface area contributed by atoms with Gasteiger partial charge < -0.3 is 16.0 Å². The van der Waals surface area contributed by atoms with Gasteiger partial charge in [-0.2, -0.15) is 0 Å². The molecule has 2 atom stereocenters. The van der Waals surface area contributed by atoms with E-state index in [9.17, 15) is 9.59 Å². The minimum atomic E-state index is -0.492. The summed E-state index contributed by atoms with van der Waals surface area (Å²) in [5, 5.41) is 10.6. The van der Waals surface area contributed by atoms with Crippen LogP contribution in [-0.2, 0) is 11.2 Å². The highest BCUT2D eigenvalue weighted by molar-refractivity contribution is 7.14. The van der Waals surface area contributed by atoms with Crippen molar-refractivity contribution in [2.75, 3.05) is 5.32 Å². The van der Waals surface area contributed by atoms with Crippen molar-refractivity contribution in [1.82, 2.24) is 15.6 Å². The lowest BCUT2D eigenvalue weighted by Crippen LogP contribution is -2.70. The van der Waals surface area contributed by atoms with Gasteiger partial charge in [-0.05, 0) is 74.6 Å². The van der Waals surface area contributed by atoms with Crippen molar-refractivity contribution in [3.63, 3.8) is 0 Å². The lowest BCUT2D eigenvalue weighted by Gasteiger charge is -2.62. The van der Waals surface area contributed by atoms with Crippen molar-refractivity contribution < 1.29 is 9.59 Å². The Hall–Kier alpha value is -2.90. The number of halogens is 1. The average Bonchev–Trinajstić information content (AvgIpc) is 3.60. The highest BCUT2D eigenvalue weighted by atomic mass is 35.5. The number of thiophene rings is 1. The molecule has 4 aliphatic rings. The van der Waals surface area contributed by atoms with Gasteiger partial charge in [0.15, 0.2) is 0 Å². The van der Waals surface area contributed by atoms with Crippen LogP contribution < -0.4 is 16.0 Å². The third kappa shape index (κ3) is 6.06. The second kappa shape index (κ2) is 11.5. The number of carbonyl (C=O) groups is 2. The van der Waals surface area contributed by atoms with Gasteiger partial charge in [0.2, 0.25) is 5.91 Å². The molecular formula is C32H37ClN4O2S. The zero-order valence-corrected chi connectivity index (χ0v) is 24.5. The minimum Gasteiger partial charge on any atom is -0.376 e. The molecule has 0 saturated heterocycles. The van der Waals surface area contributed by atoms with E-state index in [1.54, 1.807) is 6.20 Å². The quantitative estimate of drug-likeness (QED) is 0.233. The first-order valence-electron chi connectivity index (χ1n) is 14.5. The number of aryl methyl sites for hydroxylation is 1. The maximum Gasteiger partial charge on any atom is 0.262 e. The van der Waals surface area contributed by atoms with E-state index in [-0.39, 0.29) is 23.4 Å². The van der Waals surface area contributed by atoms with Crippen LogP contribution in [0.5, 0.6) is 0 Å². The molecule has 1 aromatic carbocycles. The Labute approximate surface area is 245 Å². The summed E-state index contributed by atoms with van der Waals surface area (Å²) >= 11 is 7.73. The first-order chi connectivity index (χ1) is 19.4. The summed E-state index contributed by atoms with van der Waals surface area (Å²) in [6, 6.07) is 15.5. The molecule has 2 heterocycles. The van der Waals surface area contributed by atoms with E-state index in [1.807, 2.05) is 43.3 Å². The van der Waals surface area contributed by atoms with E-state index < -0.39 is 6.04 Å². The highest BCUT2D eigenvalue weighted by Gasteiger charge is 2.57. The number of amides is 2. The van der Waals surface area contributed by atoms with Crippen LogP contribution in [-0.4, -0.2) is 28.4 Å². The van der Waals surface area contributed by atoms with E-state index >= 15 is 0 Å². The summed E-state index contributed by atoms with van der Waals surface area (Å²) in [5.74, 6) is 1.10. The van der Waals surface area contributed by atoms with Gasteiger partial charge in [-0.25, -0.2) is 0 Å². The third-order valence-electron chi connectivity index (χ3n) is 8.95. The van der Waals surface area contributed by atoms with Gasteiger partial charge in [0.1, 0.15) is 6.04 Å². The minimum absolute atomic E-state index is 0.000156. The van der Waals surface area contributed by atoms with Gasteiger partial charge in [0.05, 0.1) is 27.3 Å². The molecule has 4 fully saturated rings. The van der Waals surface area contributed by atoms with Crippen LogP contribution >= 0.6 is 22.9 Å². The lowest BCUT2D eigenvalue weighted by atomic mass is 9.50. The Bertz CT molecular complexity index is 1350. The predicted octanol–water partition coefficient (Wildman–Crippen LogP) is 6.85. The van der Waals surface area contributed by atoms with Crippen molar-refractivity contribution in [3.8, 4) is 0 Å². The number of benzene rings is 1. The molecule has 0 spiro atoms. The van der Waals surface area contributed by atoms with Gasteiger partial charge in [-0.1, -0.05) is 67.6 Å². The van der Waals surface area contributed by atoms with E-state index in [4.69, 9.17) is 11.6 Å². The molecule has 2 amide bonds. The average molecular weight is 577 g/mol. The van der Waals surface area contributed by atoms with Gasteiger partial charge >= 0.3 is 0 Å². The Kier molecular flexibility index (Phi) is 7.87. The van der Waals surface area contributed by atoms with Crippen LogP contribution in [0, 0.1) is 18.8 Å². The van der Waals surface area contributed by atoms with Crippen LogP contribution in [0.25, 0.3) is 0 Å². The van der Waals surface area contributed by atoms with Gasteiger partial charge in [0.25, 0.3) is 5.91 Å². The maximum absolute atomic E-state index is 13.5. The van der Waals surface area contributed by atoms with Crippen LogP contribution in [0.1, 0.15) is 83.2 Å². The number of anilines is 1. The van der Waals surface area contributed by atoms with Crippen molar-refractivity contribution >= 4 is 40.4 Å². The van der Waals surface area contributed by atoms with Crippen molar-refractivity contribution in [3.05, 3.63) is 80.8 Å². The van der Waals surface area contributed by atoms with Crippen molar-refractivity contribution in [1.29, 1.82) is 0 Å². The fourth-order valence-corrected chi connectivity index (χ4v) is 7.72. The van der Waals surface area contributed by atoms with E-state index in [2.05, 4.69) is 33.1 Å². The fraction of sp³-hybridized carbons (Fsp3) is 0.469. The number of rotatable bonds is 11. The molecule has 0 aliphatic heterocycles. The maximum atomic E-state index is 13.5. The highest BCUT2D eigenvalue weighted by Crippen LogP contribution is 2.57. The molecule has 6 nitrogen and oxygen atoms in total. The molecule has 4 aliphatic carbocycles. The van der Waals surface area contributed by atoms with Gasteiger partial charge in [-0.3, -0.25) is 14.6 Å². The zero-order chi connectivity index (χ0) is 27.7. The lowest BCUT2D eigenvalue weighted by molar-refractivity contribution is -0.135. The van der Waals surface area contributed by atoms with E-state index in [1.165, 1.54) is 29.7 Å². The third-order valence-corrected chi connectivity index (χ3v) is 10.4. The molecule has 40 heavy (non-hydrogen) atoms. The Morgan fingerprint density at radius 1 is 1.10 bits per heavy atom. The van der Waals surface area contributed by atoms with Crippen LogP contribution in [0.2, 0.25) is 5.02 Å². The Morgan fingerprint density at radius 2 is 1.85 bits per heavy atom. The molecule has 0 radical (unpaired) electrons. The SMILES string of the molecule is Cc1ncc(Cl)cc1N[C@@H](Cc1ccccc1)c1ccc(C(=O)N[C@@H](CC2CCCC2)C(=O)NC23CC(C2)C3)s1. The first kappa shape index (κ1) is 27.3. The zero-order valence-electron chi connectivity index (χ0n) is 22.9. The number of nitrogens with zero attached hydrogens (tertiary/aromatic N) is 1. The summed E-state index contributed by atoms with van der Waals surface area (Å²) in [5.41, 5.74) is 2.92. The molecule has 7 rings (SSSR count). The fourth-order valence-electron chi connectivity index (χ4n) is 6.60. The van der Waals surface area contributed by atoms with Crippen LogP contribution in [0.3, 0.4) is 0 Å². The second-order valence-electron chi connectivity index (χ2n) is 12.0. The molecule has 4 saturated carbocycles. The molecule has 210 valence electrons. The van der Waals surface area contributed by atoms with Gasteiger partial charge in [-0.15, -0.1) is 11.3 Å². The summed E-state index contributed by atoms with van der Waals surface area (Å²) in [4.78, 5) is 32.9. The monoisotopic (exact) mass is 576 g/mol. The summed E-state index contributed by atoms with van der Waals surface area (Å²) in [7, 11) is 0. The smallest absolute Gasteiger partial charge is 0.262 e. The largest absolute Gasteiger partial charge is 0.376 e. The molecule has 3 aromatic rings. The summed E-state index contributed by atoms with van der Waals surface area (Å²) in [6.45, 7) is 1.95. The number of hydrogen-bond donors (Lipinski definition) is 3. The standard InChI is InChI=1S/C32H37ClN4O2S/c1-20-25(15-24(33)19-34-20)35-26(13-21-7-3-2-4-8-21)28-11-12-29(40-28)31(39)36-27(14-22-9-5-6-10-22)30(38)37-32-16-23(17-32)18-32/h2-4,7-8,11-12,15,19,22-23,26-27,35H,5-6,9-10,13-14,16-18H2,1H3,(H,36,39)(H,37,38)/t23?,26-,27-,32?/m0/s1. The Balaban J connectivity index is 1.19. The van der Waals surface area contributed by atoms with E-state index in [0.717, 1.165) is 60.7 Å². The summed E-state index contributed by atoms with van der Waals surface area (Å²) in [6.07, 6.45) is 11.1. The summed E-state index contributed by atoms with van der Waals surface area (Å²) < 4.78 is 0.